The predicted octanol–water partition coefficient (Wildman–Crippen LogP) is 4.10. The number of thiazole rings is 1. The van der Waals surface area contributed by atoms with Crippen LogP contribution in [0.15, 0.2) is 77.4 Å². The van der Waals surface area contributed by atoms with Crippen molar-refractivity contribution in [1.29, 1.82) is 0 Å². The molecule has 21 nitrogen and oxygen atoms in total. The quantitative estimate of drug-likeness (QED) is 0.0250. The molecule has 3 heterocycles. The van der Waals surface area contributed by atoms with Crippen LogP contribution >= 0.6 is 11.3 Å². The van der Waals surface area contributed by atoms with E-state index in [1.54, 1.807) is 41.5 Å². The van der Waals surface area contributed by atoms with Gasteiger partial charge >= 0.3 is 24.2 Å². The number of carbonyl (C=O) groups is 6. The van der Waals surface area contributed by atoms with Gasteiger partial charge in [0.25, 0.3) is 5.91 Å². The Labute approximate surface area is 372 Å². The lowest BCUT2D eigenvalue weighted by atomic mass is 9.98. The SMILES string of the molecule is CC(C)(C)OC(=O)NCCOC(=O)NCc1cnn(C[C@@H]2NC(=O)[C@H]2NC(=O)C(=NOC2(C(=O)OC(c3ccccc3)c3ccccc3)CC2)c2csc(NC(=O)OC(C)(C)C)n2)n1. The lowest BCUT2D eigenvalue weighted by Crippen LogP contribution is -2.70. The van der Waals surface area contributed by atoms with Crippen LogP contribution in [0.5, 0.6) is 0 Å². The molecule has 2 aromatic heterocycles. The Morgan fingerprint density at radius 1 is 0.906 bits per heavy atom. The zero-order valence-electron chi connectivity index (χ0n) is 36.0. The van der Waals surface area contributed by atoms with Crippen LogP contribution in [0.2, 0.25) is 0 Å². The van der Waals surface area contributed by atoms with Gasteiger partial charge in [-0.1, -0.05) is 65.8 Å². The molecule has 1 saturated carbocycles. The third-order valence-corrected chi connectivity index (χ3v) is 9.81. The summed E-state index contributed by atoms with van der Waals surface area (Å²) in [5, 5.41) is 27.1. The molecule has 1 aliphatic carbocycles. The molecule has 340 valence electrons. The number of hydrogen-bond donors (Lipinski definition) is 5. The fourth-order valence-corrected chi connectivity index (χ4v) is 6.57. The molecule has 64 heavy (non-hydrogen) atoms. The van der Waals surface area contributed by atoms with E-state index < -0.39 is 71.1 Å². The number of alkyl carbamates (subject to hydrolysis) is 2. The van der Waals surface area contributed by atoms with E-state index in [-0.39, 0.29) is 55.6 Å². The fraction of sp³-hybridized carbons (Fsp3) is 0.429. The van der Waals surface area contributed by atoms with Gasteiger partial charge < -0.3 is 45.1 Å². The van der Waals surface area contributed by atoms with Crippen LogP contribution in [0.3, 0.4) is 0 Å². The van der Waals surface area contributed by atoms with Gasteiger partial charge in [0.05, 0.1) is 31.9 Å². The molecule has 4 aromatic rings. The van der Waals surface area contributed by atoms with Gasteiger partial charge in [0.15, 0.2) is 16.9 Å². The Hall–Kier alpha value is -7.10. The lowest BCUT2D eigenvalue weighted by molar-refractivity contribution is -0.164. The number of rotatable bonds is 17. The second-order valence-corrected chi connectivity index (χ2v) is 17.5. The molecule has 2 fully saturated rings. The number of aromatic nitrogens is 4. The number of amides is 5. The normalized spacial score (nSPS) is 16.6. The Morgan fingerprint density at radius 3 is 2.16 bits per heavy atom. The number of nitrogens with one attached hydrogen (secondary N) is 5. The third kappa shape index (κ3) is 13.2. The summed E-state index contributed by atoms with van der Waals surface area (Å²) < 4.78 is 21.6. The second kappa shape index (κ2) is 19.9. The first-order chi connectivity index (χ1) is 30.4. The molecule has 22 heteroatoms. The van der Waals surface area contributed by atoms with Crippen LogP contribution in [0.4, 0.5) is 19.5 Å². The van der Waals surface area contributed by atoms with Crippen LogP contribution in [0.1, 0.15) is 83.0 Å². The van der Waals surface area contributed by atoms with E-state index >= 15 is 0 Å². The van der Waals surface area contributed by atoms with E-state index in [9.17, 15) is 28.8 Å². The molecule has 5 amide bonds. The lowest BCUT2D eigenvalue weighted by Gasteiger charge is -2.36. The highest BCUT2D eigenvalue weighted by Gasteiger charge is 2.56. The highest BCUT2D eigenvalue weighted by molar-refractivity contribution is 7.14. The number of ether oxygens (including phenoxy) is 4. The standard InChI is InChI=1S/C42H50N10O11S/c1-40(2,3)61-38(57)43-19-20-59-37(56)44-21-27-22-45-52(50-27)23-28-30(33(53)46-28)48-34(54)31(29-24-64-36(47-29)49-39(58)62-41(4,5)6)51-63-42(17-18-42)35(55)60-32(25-13-9-7-10-14-25)26-15-11-8-12-16-26/h7-16,22,24,28,30,32H,17-21,23H2,1-6H3,(H,43,57)(H,44,56)(H,46,53)(H,48,54)(H,47,49,58)/t28-,30-/m0/s1. The smallest absolute Gasteiger partial charge is 0.413 e. The van der Waals surface area contributed by atoms with Gasteiger partial charge in [0, 0.05) is 18.2 Å². The van der Waals surface area contributed by atoms with Crippen LogP contribution in [-0.4, -0.2) is 104 Å². The zero-order chi connectivity index (χ0) is 46.1. The van der Waals surface area contributed by atoms with Crippen molar-refractivity contribution >= 4 is 58.2 Å². The van der Waals surface area contributed by atoms with Crippen molar-refractivity contribution in [2.45, 2.75) is 102 Å². The number of nitrogens with zero attached hydrogens (tertiary/aromatic N) is 5. The van der Waals surface area contributed by atoms with Crippen molar-refractivity contribution in [3.63, 3.8) is 0 Å². The molecule has 0 radical (unpaired) electrons. The van der Waals surface area contributed by atoms with Crippen molar-refractivity contribution in [2.75, 3.05) is 18.5 Å². The minimum Gasteiger partial charge on any atom is -0.450 e. The molecule has 5 N–H and O–H groups in total. The number of β-lactam (4-membered cyclic amide) rings is 1. The summed E-state index contributed by atoms with van der Waals surface area (Å²) in [6.45, 7) is 10.2. The largest absolute Gasteiger partial charge is 0.450 e. The van der Waals surface area contributed by atoms with Gasteiger partial charge in [-0.3, -0.25) is 14.9 Å². The monoisotopic (exact) mass is 902 g/mol. The van der Waals surface area contributed by atoms with E-state index in [2.05, 4.69) is 46.9 Å². The van der Waals surface area contributed by atoms with E-state index in [1.165, 1.54) is 16.4 Å². The third-order valence-electron chi connectivity index (χ3n) is 9.05. The summed E-state index contributed by atoms with van der Waals surface area (Å²) in [6.07, 6.45) is -1.01. The number of esters is 1. The summed E-state index contributed by atoms with van der Waals surface area (Å²) >= 11 is 0.981. The Kier molecular flexibility index (Phi) is 14.5. The molecule has 2 aliphatic rings. The zero-order valence-corrected chi connectivity index (χ0v) is 36.9. The van der Waals surface area contributed by atoms with Crippen molar-refractivity contribution in [2.24, 2.45) is 5.16 Å². The molecular formula is C42H50N10O11S. The van der Waals surface area contributed by atoms with Crippen molar-refractivity contribution < 1.29 is 52.6 Å². The number of hydrogen-bond acceptors (Lipinski definition) is 16. The fourth-order valence-electron chi connectivity index (χ4n) is 5.89. The highest BCUT2D eigenvalue weighted by Crippen LogP contribution is 2.43. The Morgan fingerprint density at radius 2 is 1.55 bits per heavy atom. The van der Waals surface area contributed by atoms with E-state index in [0.717, 1.165) is 22.5 Å². The minimum atomic E-state index is -1.51. The summed E-state index contributed by atoms with van der Waals surface area (Å²) in [6, 6.07) is 16.7. The molecule has 0 bridgehead atoms. The molecule has 2 aromatic carbocycles. The summed E-state index contributed by atoms with van der Waals surface area (Å²) in [5.74, 6) is -2.06. The van der Waals surface area contributed by atoms with E-state index in [1.807, 2.05) is 60.7 Å². The van der Waals surface area contributed by atoms with Crippen molar-refractivity contribution in [3.05, 3.63) is 94.8 Å². The summed E-state index contributed by atoms with van der Waals surface area (Å²) in [4.78, 5) is 88.6. The molecule has 0 spiro atoms. The van der Waals surface area contributed by atoms with Gasteiger partial charge in [-0.05, 0) is 52.7 Å². The van der Waals surface area contributed by atoms with Crippen LogP contribution in [-0.2, 0) is 51.3 Å². The topological polar surface area (TPSA) is 265 Å². The summed E-state index contributed by atoms with van der Waals surface area (Å²) in [7, 11) is 0. The molecule has 6 rings (SSSR count). The van der Waals surface area contributed by atoms with Gasteiger partial charge in [-0.2, -0.15) is 15.0 Å². The molecule has 0 unspecified atom stereocenters. The van der Waals surface area contributed by atoms with Gasteiger partial charge in [0.1, 0.15) is 35.2 Å². The van der Waals surface area contributed by atoms with Gasteiger partial charge in [-0.15, -0.1) is 11.3 Å². The predicted molar refractivity (Wildman–Crippen MR) is 229 cm³/mol. The highest BCUT2D eigenvalue weighted by atomic mass is 32.1. The maximum absolute atomic E-state index is 14.0. The maximum atomic E-state index is 14.0. The Balaban J connectivity index is 1.10. The van der Waals surface area contributed by atoms with Crippen LogP contribution in [0.25, 0.3) is 0 Å². The van der Waals surface area contributed by atoms with Crippen LogP contribution in [0, 0.1) is 0 Å². The van der Waals surface area contributed by atoms with Gasteiger partial charge in [-0.25, -0.2) is 24.2 Å². The number of benzene rings is 2. The first-order valence-corrected chi connectivity index (χ1v) is 21.2. The number of oxime groups is 1. The first-order valence-electron chi connectivity index (χ1n) is 20.3. The first kappa shape index (κ1) is 46.4. The maximum Gasteiger partial charge on any atom is 0.413 e. The van der Waals surface area contributed by atoms with E-state index in [0.29, 0.717) is 5.69 Å². The number of anilines is 1. The Bertz CT molecular complexity index is 2300. The average Bonchev–Trinajstić information content (AvgIpc) is 3.66. The molecule has 1 saturated heterocycles. The molecule has 2 atom stereocenters. The summed E-state index contributed by atoms with van der Waals surface area (Å²) in [5.41, 5.74) is -1.53. The second-order valence-electron chi connectivity index (χ2n) is 16.7. The molecular weight excluding hydrogens is 853 g/mol. The van der Waals surface area contributed by atoms with Gasteiger partial charge in [0.2, 0.25) is 11.5 Å². The van der Waals surface area contributed by atoms with Crippen molar-refractivity contribution in [3.8, 4) is 0 Å². The minimum absolute atomic E-state index is 0.0239. The van der Waals surface area contributed by atoms with Crippen LogP contribution < -0.4 is 26.6 Å². The number of carbonyl (C=O) groups excluding carboxylic acids is 6. The van der Waals surface area contributed by atoms with E-state index in [4.69, 9.17) is 23.8 Å². The molecule has 1 aliphatic heterocycles. The van der Waals surface area contributed by atoms with Crippen molar-refractivity contribution in [1.82, 2.24) is 41.2 Å². The average molecular weight is 903 g/mol.